The summed E-state index contributed by atoms with van der Waals surface area (Å²) in [6.45, 7) is -0.877. The number of ether oxygens (including phenoxy) is 2. The number of fused-ring (bicyclic) bond motifs is 1. The fraction of sp³-hybridized carbons (Fsp3) is 0.609. The summed E-state index contributed by atoms with van der Waals surface area (Å²) in [5, 5.41) is 41.3. The van der Waals surface area contributed by atoms with Crippen LogP contribution in [-0.4, -0.2) is 107 Å². The Morgan fingerprint density at radius 3 is 2.31 bits per heavy atom. The van der Waals surface area contributed by atoms with Crippen LogP contribution in [0.4, 0.5) is 11.8 Å². The molecule has 18 nitrogen and oxygen atoms in total. The van der Waals surface area contributed by atoms with Crippen molar-refractivity contribution in [2.45, 2.75) is 49.7 Å². The van der Waals surface area contributed by atoms with Crippen LogP contribution < -0.4 is 22.7 Å². The zero-order valence-corrected chi connectivity index (χ0v) is 22.9. The second-order valence-corrected chi connectivity index (χ2v) is 12.6. The van der Waals surface area contributed by atoms with Crippen LogP contribution in [0.3, 0.4) is 0 Å². The van der Waals surface area contributed by atoms with Crippen LogP contribution in [0.2, 0.25) is 0 Å². The van der Waals surface area contributed by atoms with Gasteiger partial charge in [0.05, 0.1) is 36.6 Å². The van der Waals surface area contributed by atoms with Gasteiger partial charge in [0.1, 0.15) is 18.0 Å². The highest BCUT2D eigenvalue weighted by atomic mass is 32.2. The van der Waals surface area contributed by atoms with Crippen molar-refractivity contribution in [1.29, 1.82) is 0 Å². The molecule has 9 N–H and O–H groups in total. The van der Waals surface area contributed by atoms with E-state index in [1.807, 2.05) is 0 Å². The predicted octanol–water partition coefficient (Wildman–Crippen LogP) is -3.53. The average Bonchev–Trinajstić information content (AvgIpc) is 3.57. The molecule has 230 valence electrons. The van der Waals surface area contributed by atoms with Crippen molar-refractivity contribution in [1.82, 2.24) is 29.1 Å². The van der Waals surface area contributed by atoms with Gasteiger partial charge in [-0.15, -0.1) is 0 Å². The summed E-state index contributed by atoms with van der Waals surface area (Å²) in [5.41, 5.74) is 9.76. The lowest BCUT2D eigenvalue weighted by atomic mass is 9.97. The molecule has 0 saturated carbocycles. The second kappa shape index (κ2) is 11.7. The fourth-order valence-corrected chi connectivity index (χ4v) is 7.34. The minimum Gasteiger partial charge on any atom is -0.396 e. The van der Waals surface area contributed by atoms with Gasteiger partial charge in [0.15, 0.2) is 33.5 Å². The molecular formula is C23H32N8O10S. The van der Waals surface area contributed by atoms with Crippen LogP contribution in [0.15, 0.2) is 28.2 Å². The van der Waals surface area contributed by atoms with Crippen LogP contribution in [-0.2, 0) is 19.3 Å². The van der Waals surface area contributed by atoms with Gasteiger partial charge in [0.25, 0.3) is 5.56 Å². The third-order valence-electron chi connectivity index (χ3n) is 7.68. The number of sulfone groups is 1. The number of nitrogens with two attached hydrogens (primary N) is 2. The third kappa shape index (κ3) is 5.63. The van der Waals surface area contributed by atoms with Crippen molar-refractivity contribution < 1.29 is 38.3 Å². The highest BCUT2D eigenvalue weighted by Gasteiger charge is 2.48. The topological polar surface area (TPSA) is 284 Å². The number of nitrogens with one attached hydrogen (secondary N) is 1. The molecule has 2 aliphatic rings. The Hall–Kier alpha value is -3.46. The molecule has 5 rings (SSSR count). The maximum Gasteiger partial charge on any atom is 0.351 e. The number of rotatable bonds is 10. The molecule has 0 unspecified atom stereocenters. The van der Waals surface area contributed by atoms with Gasteiger partial charge in [0.2, 0.25) is 5.95 Å². The minimum absolute atomic E-state index is 0.0209. The molecule has 2 aliphatic heterocycles. The van der Waals surface area contributed by atoms with Gasteiger partial charge in [-0.3, -0.25) is 18.9 Å². The molecule has 5 heterocycles. The fourth-order valence-electron chi connectivity index (χ4n) is 5.59. The molecule has 0 aliphatic carbocycles. The molecule has 0 radical (unpaired) electrons. The highest BCUT2D eigenvalue weighted by molar-refractivity contribution is 7.91. The Morgan fingerprint density at radius 1 is 0.976 bits per heavy atom. The van der Waals surface area contributed by atoms with Gasteiger partial charge in [-0.2, -0.15) is 9.97 Å². The van der Waals surface area contributed by atoms with E-state index in [9.17, 15) is 38.4 Å². The lowest BCUT2D eigenvalue weighted by Crippen LogP contribution is -2.35. The molecule has 0 spiro atoms. The van der Waals surface area contributed by atoms with Gasteiger partial charge in [0, 0.05) is 24.6 Å². The number of nitrogens with zero attached hydrogens (tertiary/aromatic N) is 5. The first-order valence-corrected chi connectivity index (χ1v) is 14.9. The van der Waals surface area contributed by atoms with E-state index in [4.69, 9.17) is 20.9 Å². The summed E-state index contributed by atoms with van der Waals surface area (Å²) in [5.74, 6) is -3.04. The smallest absolute Gasteiger partial charge is 0.351 e. The Kier molecular flexibility index (Phi) is 8.34. The van der Waals surface area contributed by atoms with Crippen molar-refractivity contribution in [3.8, 4) is 0 Å². The Morgan fingerprint density at radius 2 is 1.64 bits per heavy atom. The second-order valence-electron chi connectivity index (χ2n) is 10.4. The maximum atomic E-state index is 13.3. The molecule has 19 heteroatoms. The zero-order valence-electron chi connectivity index (χ0n) is 22.1. The molecule has 0 amide bonds. The van der Waals surface area contributed by atoms with Gasteiger partial charge >= 0.3 is 5.69 Å². The maximum absolute atomic E-state index is 13.3. The number of H-pyrrole nitrogens is 1. The van der Waals surface area contributed by atoms with Crippen molar-refractivity contribution in [3.05, 3.63) is 39.4 Å². The van der Waals surface area contributed by atoms with Crippen molar-refractivity contribution in [2.75, 3.05) is 36.2 Å². The summed E-state index contributed by atoms with van der Waals surface area (Å²) in [6.07, 6.45) is -4.49. The summed E-state index contributed by atoms with van der Waals surface area (Å²) in [4.78, 5) is 38.4. The van der Waals surface area contributed by atoms with E-state index in [2.05, 4.69) is 19.9 Å². The van der Waals surface area contributed by atoms with Gasteiger partial charge in [-0.05, 0) is 18.9 Å². The molecule has 0 bridgehead atoms. The molecule has 3 aromatic heterocycles. The lowest BCUT2D eigenvalue weighted by molar-refractivity contribution is -0.0401. The van der Waals surface area contributed by atoms with E-state index in [0.29, 0.717) is 0 Å². The quantitative estimate of drug-likeness (QED) is 0.117. The number of imidazole rings is 1. The van der Waals surface area contributed by atoms with Gasteiger partial charge in [-0.25, -0.2) is 18.2 Å². The van der Waals surface area contributed by atoms with E-state index < -0.39 is 87.9 Å². The number of anilines is 2. The normalized spacial score (nSPS) is 29.9. The number of hydrogen-bond acceptors (Lipinski definition) is 15. The first kappa shape index (κ1) is 30.0. The number of hydrogen-bond donors (Lipinski definition) is 7. The van der Waals surface area contributed by atoms with Crippen LogP contribution in [0, 0.1) is 11.8 Å². The van der Waals surface area contributed by atoms with E-state index in [1.165, 1.54) is 23.2 Å². The Bertz CT molecular complexity index is 1660. The first-order valence-electron chi connectivity index (χ1n) is 13.1. The van der Waals surface area contributed by atoms with Crippen molar-refractivity contribution in [2.24, 2.45) is 11.8 Å². The Balaban J connectivity index is 1.31. The summed E-state index contributed by atoms with van der Waals surface area (Å²) in [7, 11) is -3.91. The molecule has 0 aromatic carbocycles. The van der Waals surface area contributed by atoms with Gasteiger partial charge in [-0.1, -0.05) is 0 Å². The van der Waals surface area contributed by atoms with Crippen LogP contribution in [0.25, 0.3) is 11.2 Å². The third-order valence-corrected chi connectivity index (χ3v) is 9.43. The van der Waals surface area contributed by atoms with Crippen molar-refractivity contribution in [3.63, 3.8) is 0 Å². The predicted molar refractivity (Wildman–Crippen MR) is 144 cm³/mol. The monoisotopic (exact) mass is 612 g/mol. The summed E-state index contributed by atoms with van der Waals surface area (Å²) < 4.78 is 40.6. The minimum atomic E-state index is -3.91. The SMILES string of the molecule is Nc1ccn([C@@H]2O[C@H](CCS(=O)(=O)C[C@H]3[C@@H](O)[C@H](n4cnc5c(=O)[nH]c(N)nc54)O[C@@H]3CCO)[C@@H](CO)[C@H]2O)c(=O)n1. The van der Waals surface area contributed by atoms with Crippen LogP contribution in [0.5, 0.6) is 0 Å². The number of nitrogen functional groups attached to an aromatic ring is 2. The van der Waals surface area contributed by atoms with Gasteiger partial charge < -0.3 is 41.4 Å². The average molecular weight is 613 g/mol. The van der Waals surface area contributed by atoms with Crippen LogP contribution in [0.1, 0.15) is 25.3 Å². The summed E-state index contributed by atoms with van der Waals surface area (Å²) in [6, 6.07) is 1.34. The molecule has 8 atom stereocenters. The van der Waals surface area contributed by atoms with E-state index in [-0.39, 0.29) is 42.4 Å². The first-order chi connectivity index (χ1) is 19.9. The molecule has 42 heavy (non-hydrogen) atoms. The van der Waals surface area contributed by atoms with E-state index in [0.717, 1.165) is 4.57 Å². The lowest BCUT2D eigenvalue weighted by Gasteiger charge is -2.21. The highest BCUT2D eigenvalue weighted by Crippen LogP contribution is 2.38. The Labute approximate surface area is 237 Å². The number of aliphatic hydroxyl groups is 4. The molecule has 3 aromatic rings. The molecule has 2 fully saturated rings. The largest absolute Gasteiger partial charge is 0.396 e. The van der Waals surface area contributed by atoms with Crippen LogP contribution >= 0.6 is 0 Å². The van der Waals surface area contributed by atoms with Crippen molar-refractivity contribution >= 4 is 32.8 Å². The van der Waals surface area contributed by atoms with E-state index >= 15 is 0 Å². The standard InChI is InChI=1S/C23H32N8O10S/c24-14-1-4-30(23(37)27-14)20-16(34)10(7-33)13(41-20)3-6-42(38,39)8-11-12(2-5-32)40-21(17(11)35)31-9-26-15-18(31)28-22(25)29-19(15)36/h1,4,9-13,16-17,20-21,32-35H,2-3,5-8H2,(H2,24,27,37)(H3,25,28,29,36)/t10-,11-,12-,13-,16-,17-,20-,21-/m1/s1. The molecule has 2 saturated heterocycles. The van der Waals surface area contributed by atoms with E-state index in [1.54, 1.807) is 0 Å². The number of aromatic nitrogens is 6. The zero-order chi connectivity index (χ0) is 30.3. The number of aromatic amines is 1. The number of aliphatic hydroxyl groups excluding tert-OH is 4. The molecular weight excluding hydrogens is 580 g/mol. The summed E-state index contributed by atoms with van der Waals surface area (Å²) >= 11 is 0.